The summed E-state index contributed by atoms with van der Waals surface area (Å²) in [7, 11) is -1.28. The van der Waals surface area contributed by atoms with Crippen molar-refractivity contribution in [2.45, 2.75) is 103 Å². The van der Waals surface area contributed by atoms with Crippen molar-refractivity contribution in [2.75, 3.05) is 19.9 Å². The van der Waals surface area contributed by atoms with Gasteiger partial charge in [0.1, 0.15) is 28.6 Å². The maximum atomic E-state index is 13.5. The van der Waals surface area contributed by atoms with E-state index in [2.05, 4.69) is 30.1 Å². The van der Waals surface area contributed by atoms with Crippen LogP contribution in [0.15, 0.2) is 9.59 Å². The molecule has 2 aromatic heterocycles. The van der Waals surface area contributed by atoms with E-state index in [9.17, 15) is 24.4 Å². The fourth-order valence-electron chi connectivity index (χ4n) is 5.72. The van der Waals surface area contributed by atoms with E-state index in [1.807, 2.05) is 6.92 Å². The van der Waals surface area contributed by atoms with Crippen LogP contribution in [0.2, 0.25) is 25.7 Å². The lowest BCUT2D eigenvalue weighted by Crippen LogP contribution is -2.47. The highest BCUT2D eigenvalue weighted by molar-refractivity contribution is 7.07. The molecule has 13 heteroatoms. The van der Waals surface area contributed by atoms with Gasteiger partial charge in [-0.2, -0.15) is 9.64 Å². The van der Waals surface area contributed by atoms with E-state index >= 15 is 0 Å². The van der Waals surface area contributed by atoms with Gasteiger partial charge in [0, 0.05) is 33.8 Å². The van der Waals surface area contributed by atoms with Gasteiger partial charge in [0.25, 0.3) is 11.5 Å². The molecule has 2 fully saturated rings. The van der Waals surface area contributed by atoms with Crippen molar-refractivity contribution in [3.05, 3.63) is 25.7 Å². The van der Waals surface area contributed by atoms with E-state index in [4.69, 9.17) is 4.74 Å². The van der Waals surface area contributed by atoms with Gasteiger partial charge < -0.3 is 9.64 Å². The first-order valence-corrected chi connectivity index (χ1v) is 19.1. The highest BCUT2D eigenvalue weighted by atomic mass is 32.1. The fourth-order valence-corrected chi connectivity index (χ4v) is 7.15. The second kappa shape index (κ2) is 12.2. The first kappa shape index (κ1) is 31.1. The molecule has 1 aliphatic heterocycles. The number of fused-ring (bicyclic) bond motifs is 1. The summed E-state index contributed by atoms with van der Waals surface area (Å²) in [5.41, 5.74) is -1.49. The number of nitriles is 1. The number of carbonyl (C=O) groups excluding carboxylic acids is 2. The highest BCUT2D eigenvalue weighted by Crippen LogP contribution is 2.35. The zero-order valence-electron chi connectivity index (χ0n) is 25.1. The minimum atomic E-state index is -1.28. The molecule has 3 heterocycles. The number of hydrogen-bond donors (Lipinski definition) is 0. The molecule has 1 saturated carbocycles. The second-order valence-corrected chi connectivity index (χ2v) is 19.4. The van der Waals surface area contributed by atoms with Crippen molar-refractivity contribution in [3.63, 3.8) is 0 Å². The molecule has 1 aliphatic carbocycles. The van der Waals surface area contributed by atoms with Gasteiger partial charge >= 0.3 is 11.7 Å². The van der Waals surface area contributed by atoms with Gasteiger partial charge in [0.2, 0.25) is 0 Å². The van der Waals surface area contributed by atoms with Crippen LogP contribution < -0.4 is 11.2 Å². The van der Waals surface area contributed by atoms with E-state index in [1.54, 1.807) is 23.3 Å². The van der Waals surface area contributed by atoms with Gasteiger partial charge in [-0.25, -0.2) is 14.5 Å². The van der Waals surface area contributed by atoms with Gasteiger partial charge in [-0.3, -0.25) is 18.7 Å². The lowest BCUT2D eigenvalue weighted by molar-refractivity contribution is -0.135. The average Bonchev–Trinajstić information content (AvgIpc) is 3.41. The van der Waals surface area contributed by atoms with Gasteiger partial charge in [0.15, 0.2) is 5.65 Å². The summed E-state index contributed by atoms with van der Waals surface area (Å²) >= 11 is 0.954. The molecule has 1 saturated heterocycles. The van der Waals surface area contributed by atoms with Crippen molar-refractivity contribution in [1.29, 1.82) is 5.26 Å². The number of aryl methyl sites for hydroxylation is 1. The molecule has 0 radical (unpaired) electrons. The van der Waals surface area contributed by atoms with Crippen LogP contribution >= 0.6 is 11.5 Å². The Morgan fingerprint density at radius 2 is 1.80 bits per heavy atom. The Morgan fingerprint density at radius 1 is 1.12 bits per heavy atom. The normalized spacial score (nSPS) is 21.2. The molecule has 2 aliphatic rings. The molecule has 0 spiro atoms. The molecule has 0 unspecified atom stereocenters. The van der Waals surface area contributed by atoms with Crippen molar-refractivity contribution in [2.24, 2.45) is 5.92 Å². The Kier molecular flexibility index (Phi) is 9.25. The number of rotatable bonds is 11. The quantitative estimate of drug-likeness (QED) is 0.212. The van der Waals surface area contributed by atoms with Gasteiger partial charge in [-0.1, -0.05) is 33.0 Å². The fraction of sp³-hybridized carbons (Fsp3) is 0.714. The summed E-state index contributed by atoms with van der Waals surface area (Å²) in [4.78, 5) is 56.5. The molecule has 224 valence electrons. The number of aromatic nitrogens is 3. The van der Waals surface area contributed by atoms with Crippen LogP contribution in [0, 0.1) is 17.2 Å². The zero-order chi connectivity index (χ0) is 30.1. The van der Waals surface area contributed by atoms with Crippen LogP contribution in [0.25, 0.3) is 11.0 Å². The summed E-state index contributed by atoms with van der Waals surface area (Å²) in [6, 6.07) is 2.40. The monoisotopic (exact) mass is 602 g/mol. The number of ether oxygens (including phenoxy) is 1. The number of carbonyl (C=O) groups is 2. The number of unbranched alkanes of at least 4 members (excludes halogenated alkanes) is 1. The van der Waals surface area contributed by atoms with E-state index < -0.39 is 19.2 Å². The van der Waals surface area contributed by atoms with Crippen LogP contribution in [0.4, 0.5) is 4.79 Å². The molecular weight excluding hydrogens is 560 g/mol. The number of nitrogens with zero attached hydrogens (tertiary/aromatic N) is 6. The lowest BCUT2D eigenvalue weighted by atomic mass is 9.85. The minimum absolute atomic E-state index is 0.0351. The topological polar surface area (TPSA) is 131 Å². The standard InChI is InChI=1S/C28H42N6O5SSi/c1-7-8-13-31-23-22(21(16-29)40-30-23)24(35)34(27(31)38)20-11-9-19(10-12-20)17-33-26(37)32(25(36)28(33,2)3)18-39-14-15-41(4,5)6/h19-20H,7-15,17-18H2,1-6H3. The molecule has 0 aromatic carbocycles. The molecule has 0 atom stereocenters. The molecule has 41 heavy (non-hydrogen) atoms. The Labute approximate surface area is 245 Å². The predicted octanol–water partition coefficient (Wildman–Crippen LogP) is 4.38. The third-order valence-electron chi connectivity index (χ3n) is 8.38. The molecule has 4 rings (SSSR count). The van der Waals surface area contributed by atoms with Crippen molar-refractivity contribution in [3.8, 4) is 6.07 Å². The first-order chi connectivity index (χ1) is 19.3. The van der Waals surface area contributed by atoms with Crippen LogP contribution in [0.3, 0.4) is 0 Å². The van der Waals surface area contributed by atoms with Crippen molar-refractivity contribution in [1.82, 2.24) is 23.3 Å². The highest BCUT2D eigenvalue weighted by Gasteiger charge is 2.51. The van der Waals surface area contributed by atoms with E-state index in [0.717, 1.165) is 30.4 Å². The summed E-state index contributed by atoms with van der Waals surface area (Å²) in [6.45, 7) is 13.7. The molecule has 0 N–H and O–H groups in total. The summed E-state index contributed by atoms with van der Waals surface area (Å²) < 4.78 is 12.9. The summed E-state index contributed by atoms with van der Waals surface area (Å²) in [6.07, 6.45) is 4.24. The lowest BCUT2D eigenvalue weighted by Gasteiger charge is -2.35. The van der Waals surface area contributed by atoms with E-state index in [0.29, 0.717) is 51.0 Å². The Balaban J connectivity index is 1.47. The van der Waals surface area contributed by atoms with Crippen molar-refractivity contribution < 1.29 is 14.3 Å². The molecule has 2 aromatic rings. The first-order valence-electron chi connectivity index (χ1n) is 14.6. The third-order valence-corrected chi connectivity index (χ3v) is 10.8. The van der Waals surface area contributed by atoms with E-state index in [1.165, 1.54) is 9.47 Å². The molecule has 11 nitrogen and oxygen atoms in total. The predicted molar refractivity (Wildman–Crippen MR) is 161 cm³/mol. The largest absolute Gasteiger partial charge is 0.361 e. The maximum Gasteiger partial charge on any atom is 0.332 e. The Bertz CT molecular complexity index is 1460. The number of amides is 3. The zero-order valence-corrected chi connectivity index (χ0v) is 26.9. The van der Waals surface area contributed by atoms with Crippen LogP contribution in [0.5, 0.6) is 0 Å². The van der Waals surface area contributed by atoms with Gasteiger partial charge in [-0.05, 0) is 69.4 Å². The van der Waals surface area contributed by atoms with Crippen LogP contribution in [-0.2, 0) is 16.1 Å². The summed E-state index contributed by atoms with van der Waals surface area (Å²) in [5, 5.41) is 9.80. The minimum Gasteiger partial charge on any atom is -0.361 e. The molecule has 3 amide bonds. The number of urea groups is 1. The Morgan fingerprint density at radius 3 is 2.41 bits per heavy atom. The Hall–Kier alpha value is -2.82. The van der Waals surface area contributed by atoms with Crippen LogP contribution in [-0.4, -0.2) is 68.7 Å². The number of imide groups is 1. The van der Waals surface area contributed by atoms with E-state index in [-0.39, 0.29) is 46.6 Å². The van der Waals surface area contributed by atoms with Gasteiger partial charge in [-0.15, -0.1) is 0 Å². The molecular formula is C28H42N6O5SSi. The number of hydrogen-bond acceptors (Lipinski definition) is 8. The smallest absolute Gasteiger partial charge is 0.332 e. The van der Waals surface area contributed by atoms with Gasteiger partial charge in [0.05, 0.1) is 0 Å². The molecule has 0 bridgehead atoms. The van der Waals surface area contributed by atoms with Crippen LogP contribution in [0.1, 0.15) is 70.2 Å². The SMILES string of the molecule is CCCCn1c(=O)n(C2CCC(CN3C(=O)N(COCC[Si](C)(C)C)C(=O)C3(C)C)CC2)c(=O)c2c(C#N)snc21. The summed E-state index contributed by atoms with van der Waals surface area (Å²) in [5.74, 6) is -0.122. The maximum absolute atomic E-state index is 13.5. The average molecular weight is 603 g/mol. The van der Waals surface area contributed by atoms with Crippen molar-refractivity contribution >= 4 is 42.6 Å². The third kappa shape index (κ3) is 6.19. The second-order valence-electron chi connectivity index (χ2n) is 13.0.